The van der Waals surface area contributed by atoms with E-state index in [2.05, 4.69) is 16.0 Å². The van der Waals surface area contributed by atoms with Crippen molar-refractivity contribution in [3.05, 3.63) is 0 Å². The van der Waals surface area contributed by atoms with Crippen molar-refractivity contribution in [1.29, 1.82) is 0 Å². The lowest BCUT2D eigenvalue weighted by molar-refractivity contribution is -0.143. The SMILES string of the molecule is O=CCOCCOCCNC(=O)CC[C@H](NC(=O)COCCOCCNC(=O)CCCCCCCCCCCCC(=O)O)C(=O)O. The summed E-state index contributed by atoms with van der Waals surface area (Å²) in [5.41, 5.74) is 0. The smallest absolute Gasteiger partial charge is 0.326 e. The van der Waals surface area contributed by atoms with Gasteiger partial charge in [0.15, 0.2) is 0 Å². The molecule has 46 heavy (non-hydrogen) atoms. The predicted octanol–water partition coefficient (Wildman–Crippen LogP) is 1.60. The van der Waals surface area contributed by atoms with Crippen LogP contribution >= 0.6 is 0 Å². The van der Waals surface area contributed by atoms with Gasteiger partial charge in [-0.3, -0.25) is 19.2 Å². The Morgan fingerprint density at radius 2 is 1.04 bits per heavy atom. The first-order valence-corrected chi connectivity index (χ1v) is 16.3. The number of aldehydes is 1. The summed E-state index contributed by atoms with van der Waals surface area (Å²) in [6.45, 7) is 1.59. The zero-order chi connectivity index (χ0) is 34.1. The highest BCUT2D eigenvalue weighted by Gasteiger charge is 2.21. The number of carboxylic acid groups (broad SMARTS) is 2. The number of nitrogens with one attached hydrogen (secondary N) is 3. The molecule has 0 aliphatic rings. The van der Waals surface area contributed by atoms with Crippen LogP contribution in [0, 0.1) is 0 Å². The molecular weight excluding hydrogens is 606 g/mol. The number of amides is 3. The first kappa shape index (κ1) is 42.9. The first-order chi connectivity index (χ1) is 22.3. The van der Waals surface area contributed by atoms with Gasteiger partial charge in [0, 0.05) is 32.4 Å². The molecule has 0 fully saturated rings. The van der Waals surface area contributed by atoms with Crippen molar-refractivity contribution in [2.45, 2.75) is 95.9 Å². The largest absolute Gasteiger partial charge is 0.481 e. The topological polar surface area (TPSA) is 216 Å². The summed E-state index contributed by atoms with van der Waals surface area (Å²) in [6, 6.07) is -1.24. The zero-order valence-electron chi connectivity index (χ0n) is 27.1. The Labute approximate surface area is 271 Å². The lowest BCUT2D eigenvalue weighted by Gasteiger charge is -2.14. The fourth-order valence-corrected chi connectivity index (χ4v) is 4.18. The van der Waals surface area contributed by atoms with Crippen LogP contribution in [0.5, 0.6) is 0 Å². The molecule has 0 saturated carbocycles. The van der Waals surface area contributed by atoms with Crippen molar-refractivity contribution in [2.24, 2.45) is 0 Å². The van der Waals surface area contributed by atoms with Crippen molar-refractivity contribution in [3.63, 3.8) is 0 Å². The number of unbranched alkanes of at least 4 members (excludes halogenated alkanes) is 9. The molecule has 0 radical (unpaired) electrons. The summed E-state index contributed by atoms with van der Waals surface area (Å²) in [4.78, 5) is 67.9. The maximum absolute atomic E-state index is 12.0. The van der Waals surface area contributed by atoms with Crippen LogP contribution in [0.25, 0.3) is 0 Å². The number of hydrogen-bond acceptors (Lipinski definition) is 10. The van der Waals surface area contributed by atoms with Gasteiger partial charge in [-0.15, -0.1) is 0 Å². The Balaban J connectivity index is 3.65. The minimum Gasteiger partial charge on any atom is -0.481 e. The van der Waals surface area contributed by atoms with Crippen molar-refractivity contribution >= 4 is 35.9 Å². The summed E-state index contributed by atoms with van der Waals surface area (Å²) in [5.74, 6) is -3.02. The third-order valence-electron chi connectivity index (χ3n) is 6.64. The van der Waals surface area contributed by atoms with Crippen LogP contribution < -0.4 is 16.0 Å². The fraction of sp³-hybridized carbons (Fsp3) is 0.806. The van der Waals surface area contributed by atoms with Crippen molar-refractivity contribution in [3.8, 4) is 0 Å². The number of hydrogen-bond donors (Lipinski definition) is 5. The fourth-order valence-electron chi connectivity index (χ4n) is 4.18. The zero-order valence-corrected chi connectivity index (χ0v) is 27.1. The first-order valence-electron chi connectivity index (χ1n) is 16.3. The Hall–Kier alpha value is -3.14. The molecule has 0 rings (SSSR count). The van der Waals surface area contributed by atoms with Gasteiger partial charge in [0.05, 0.1) is 39.6 Å². The van der Waals surface area contributed by atoms with Crippen molar-refractivity contribution < 1.29 is 57.9 Å². The van der Waals surface area contributed by atoms with Crippen LogP contribution in [-0.2, 0) is 47.7 Å². The average molecular weight is 662 g/mol. The molecule has 0 aromatic rings. The molecule has 0 aromatic carbocycles. The van der Waals surface area contributed by atoms with Crippen LogP contribution in [0.15, 0.2) is 0 Å². The van der Waals surface area contributed by atoms with Crippen LogP contribution in [0.2, 0.25) is 0 Å². The van der Waals surface area contributed by atoms with Crippen LogP contribution in [0.4, 0.5) is 0 Å². The second kappa shape index (κ2) is 31.8. The van der Waals surface area contributed by atoms with E-state index in [1.54, 1.807) is 0 Å². The lowest BCUT2D eigenvalue weighted by Crippen LogP contribution is -2.43. The quantitative estimate of drug-likeness (QED) is 0.0491. The van der Waals surface area contributed by atoms with Crippen molar-refractivity contribution in [1.82, 2.24) is 16.0 Å². The normalized spacial score (nSPS) is 11.5. The van der Waals surface area contributed by atoms with Gasteiger partial charge in [-0.25, -0.2) is 4.79 Å². The second-order valence-corrected chi connectivity index (χ2v) is 10.6. The standard InChI is InChI=1S/C31H55N3O12/c35-17-20-45-22-21-43-19-16-33-28(37)14-13-26(31(41)42)34-29(38)25-46-24-23-44-18-15-32-27(36)11-9-7-5-3-1-2-4-6-8-10-12-30(39)40/h17,26H,1-16,18-25H2,(H,32,36)(H,33,37)(H,34,38)(H,39,40)(H,41,42)/t26-/m0/s1. The highest BCUT2D eigenvalue weighted by molar-refractivity contribution is 5.85. The summed E-state index contributed by atoms with van der Waals surface area (Å²) < 4.78 is 20.7. The van der Waals surface area contributed by atoms with E-state index in [4.69, 9.17) is 24.1 Å². The van der Waals surface area contributed by atoms with E-state index < -0.39 is 23.9 Å². The van der Waals surface area contributed by atoms with Gasteiger partial charge in [0.2, 0.25) is 17.7 Å². The third kappa shape index (κ3) is 30.9. The van der Waals surface area contributed by atoms with E-state index in [0.29, 0.717) is 25.9 Å². The highest BCUT2D eigenvalue weighted by atomic mass is 16.5. The minimum atomic E-state index is -1.26. The van der Waals surface area contributed by atoms with Gasteiger partial charge in [0.25, 0.3) is 0 Å². The van der Waals surface area contributed by atoms with Crippen molar-refractivity contribution in [2.75, 3.05) is 65.9 Å². The van der Waals surface area contributed by atoms with Gasteiger partial charge in [0.1, 0.15) is 25.5 Å². The molecule has 0 heterocycles. The summed E-state index contributed by atoms with van der Waals surface area (Å²) >= 11 is 0. The van der Waals surface area contributed by atoms with E-state index in [-0.39, 0.29) is 83.9 Å². The molecule has 15 nitrogen and oxygen atoms in total. The molecule has 15 heteroatoms. The predicted molar refractivity (Wildman–Crippen MR) is 167 cm³/mol. The van der Waals surface area contributed by atoms with E-state index >= 15 is 0 Å². The van der Waals surface area contributed by atoms with Gasteiger partial charge in [-0.05, 0) is 19.3 Å². The molecule has 0 spiro atoms. The van der Waals surface area contributed by atoms with Crippen LogP contribution in [0.1, 0.15) is 89.9 Å². The monoisotopic (exact) mass is 661 g/mol. The Kier molecular flexibility index (Phi) is 29.7. The lowest BCUT2D eigenvalue weighted by atomic mass is 10.1. The van der Waals surface area contributed by atoms with Gasteiger partial charge in [-0.2, -0.15) is 0 Å². The maximum atomic E-state index is 12.0. The van der Waals surface area contributed by atoms with E-state index in [0.717, 1.165) is 51.4 Å². The summed E-state index contributed by atoms with van der Waals surface area (Å²) in [5, 5.41) is 25.7. The molecule has 3 amide bonds. The minimum absolute atomic E-state index is 0.00357. The maximum Gasteiger partial charge on any atom is 0.326 e. The number of carbonyl (C=O) groups is 6. The molecule has 1 atom stereocenters. The van der Waals surface area contributed by atoms with E-state index in [9.17, 15) is 33.9 Å². The molecule has 266 valence electrons. The average Bonchev–Trinajstić information content (AvgIpc) is 3.02. The number of carboxylic acids is 2. The Morgan fingerprint density at radius 1 is 0.565 bits per heavy atom. The molecule has 0 bridgehead atoms. The van der Waals surface area contributed by atoms with Gasteiger partial charge < -0.3 is 49.9 Å². The summed E-state index contributed by atoms with van der Waals surface area (Å²) in [7, 11) is 0. The Bertz CT molecular complexity index is 844. The van der Waals surface area contributed by atoms with E-state index in [1.807, 2.05) is 0 Å². The number of carbonyl (C=O) groups excluding carboxylic acids is 4. The summed E-state index contributed by atoms with van der Waals surface area (Å²) in [6.07, 6.45) is 11.6. The molecule has 0 unspecified atom stereocenters. The number of rotatable bonds is 34. The van der Waals surface area contributed by atoms with Crippen LogP contribution in [0.3, 0.4) is 0 Å². The molecule has 5 N–H and O–H groups in total. The molecule has 0 aliphatic heterocycles. The second-order valence-electron chi connectivity index (χ2n) is 10.6. The van der Waals surface area contributed by atoms with Gasteiger partial charge >= 0.3 is 11.9 Å². The molecule has 0 aliphatic carbocycles. The van der Waals surface area contributed by atoms with Crippen LogP contribution in [-0.4, -0.2) is 118 Å². The molecule has 0 aromatic heterocycles. The third-order valence-corrected chi connectivity index (χ3v) is 6.64. The number of ether oxygens (including phenoxy) is 4. The Morgan fingerprint density at radius 3 is 1.57 bits per heavy atom. The number of aliphatic carboxylic acids is 2. The van der Waals surface area contributed by atoms with E-state index in [1.165, 1.54) is 12.8 Å². The van der Waals surface area contributed by atoms with Gasteiger partial charge in [-0.1, -0.05) is 51.4 Å². The highest BCUT2D eigenvalue weighted by Crippen LogP contribution is 2.12. The molecular formula is C31H55N3O12. The molecule has 0 saturated heterocycles.